The molecule has 1 N–H and O–H groups in total. The summed E-state index contributed by atoms with van der Waals surface area (Å²) in [4.78, 5) is 26.7. The highest BCUT2D eigenvalue weighted by Gasteiger charge is 2.22. The average molecular weight is 472 g/mol. The summed E-state index contributed by atoms with van der Waals surface area (Å²) in [7, 11) is 3.21. The van der Waals surface area contributed by atoms with E-state index >= 15 is 0 Å². The first kappa shape index (κ1) is 24.1. The normalized spacial score (nSPS) is 13.2. The Labute approximate surface area is 197 Å². The largest absolute Gasteiger partial charge is 0.497 e. The fraction of sp³-hybridized carbons (Fsp3) is 0.304. The van der Waals surface area contributed by atoms with E-state index in [9.17, 15) is 14.9 Å². The van der Waals surface area contributed by atoms with Crippen molar-refractivity contribution in [3.8, 4) is 22.7 Å². The predicted molar refractivity (Wildman–Crippen MR) is 131 cm³/mol. The number of aromatic nitrogens is 2. The van der Waals surface area contributed by atoms with Crippen LogP contribution < -0.4 is 20.5 Å². The number of benzene rings is 2. The van der Waals surface area contributed by atoms with Crippen LogP contribution in [0.15, 0.2) is 53.3 Å². The van der Waals surface area contributed by atoms with Crippen molar-refractivity contribution in [2.75, 3.05) is 37.5 Å². The molecule has 0 bridgehead atoms. The zero-order valence-electron chi connectivity index (χ0n) is 18.5. The van der Waals surface area contributed by atoms with Gasteiger partial charge in [-0.05, 0) is 49.6 Å². The second kappa shape index (κ2) is 10.4. The third-order valence-corrected chi connectivity index (χ3v) is 5.65. The topological polar surface area (TPSA) is 103 Å². The lowest BCUT2D eigenvalue weighted by molar-refractivity contribution is -0.384. The highest BCUT2D eigenvalue weighted by Crippen LogP contribution is 2.30. The molecule has 0 amide bonds. The standard InChI is InChI=1S/C23H25N5O4.ClH/c1-24-20-15-19(16-7-6-8-18(13-16)32-2)25-27(23(20)29)22-14-17(9-10-21(22)28(30)31)26-11-4-3-5-12-26;/h6-10,13-15,24H,3-5,11-12H2,1-2H3;1H. The van der Waals surface area contributed by atoms with Gasteiger partial charge in [0.15, 0.2) is 0 Å². The third-order valence-electron chi connectivity index (χ3n) is 5.65. The molecule has 0 unspecified atom stereocenters. The molecule has 1 aromatic heterocycles. The van der Waals surface area contributed by atoms with Crippen molar-refractivity contribution in [1.82, 2.24) is 9.78 Å². The molecule has 3 aromatic rings. The number of halogens is 1. The van der Waals surface area contributed by atoms with Crippen molar-refractivity contribution >= 4 is 29.5 Å². The average Bonchev–Trinajstić information content (AvgIpc) is 2.84. The number of rotatable bonds is 6. The quantitative estimate of drug-likeness (QED) is 0.423. The second-order valence-corrected chi connectivity index (χ2v) is 7.62. The Morgan fingerprint density at radius 3 is 2.52 bits per heavy atom. The Morgan fingerprint density at radius 2 is 1.85 bits per heavy atom. The van der Waals surface area contributed by atoms with Crippen LogP contribution in [0.2, 0.25) is 0 Å². The monoisotopic (exact) mass is 471 g/mol. The third kappa shape index (κ3) is 4.93. The van der Waals surface area contributed by atoms with Gasteiger partial charge >= 0.3 is 0 Å². The Hall–Kier alpha value is -3.59. The molecule has 0 radical (unpaired) electrons. The van der Waals surface area contributed by atoms with Crippen molar-refractivity contribution in [3.05, 3.63) is 69.0 Å². The van der Waals surface area contributed by atoms with Crippen LogP contribution in [0, 0.1) is 10.1 Å². The van der Waals surface area contributed by atoms with Crippen molar-refractivity contribution in [2.24, 2.45) is 0 Å². The van der Waals surface area contributed by atoms with E-state index in [1.807, 2.05) is 18.2 Å². The molecule has 2 aromatic carbocycles. The van der Waals surface area contributed by atoms with E-state index in [4.69, 9.17) is 4.74 Å². The summed E-state index contributed by atoms with van der Waals surface area (Å²) in [5.41, 5.74) is 1.86. The summed E-state index contributed by atoms with van der Waals surface area (Å²) in [5, 5.41) is 19.2. The maximum absolute atomic E-state index is 13.1. The molecule has 0 atom stereocenters. The van der Waals surface area contributed by atoms with E-state index in [1.54, 1.807) is 38.4 Å². The van der Waals surface area contributed by atoms with Gasteiger partial charge in [0.1, 0.15) is 17.1 Å². The van der Waals surface area contributed by atoms with Crippen molar-refractivity contribution in [1.29, 1.82) is 0 Å². The van der Waals surface area contributed by atoms with E-state index in [2.05, 4.69) is 15.3 Å². The van der Waals surface area contributed by atoms with Gasteiger partial charge in [0.25, 0.3) is 11.2 Å². The number of nitrogens with zero attached hydrogens (tertiary/aromatic N) is 4. The number of nitrogens with one attached hydrogen (secondary N) is 1. The Bertz CT molecular complexity index is 1210. The van der Waals surface area contributed by atoms with Gasteiger partial charge in [-0.2, -0.15) is 9.78 Å². The van der Waals surface area contributed by atoms with Crippen LogP contribution in [0.1, 0.15) is 19.3 Å². The van der Waals surface area contributed by atoms with E-state index < -0.39 is 10.5 Å². The van der Waals surface area contributed by atoms with Gasteiger partial charge in [-0.15, -0.1) is 12.4 Å². The van der Waals surface area contributed by atoms with Gasteiger partial charge in [0.05, 0.1) is 17.7 Å². The first-order valence-electron chi connectivity index (χ1n) is 10.5. The van der Waals surface area contributed by atoms with Crippen molar-refractivity contribution in [3.63, 3.8) is 0 Å². The zero-order valence-corrected chi connectivity index (χ0v) is 19.3. The molecular formula is C23H26ClN5O4. The fourth-order valence-electron chi connectivity index (χ4n) is 3.95. The maximum Gasteiger partial charge on any atom is 0.295 e. The number of nitro groups is 1. The SMILES string of the molecule is CNc1cc(-c2cccc(OC)c2)nn(-c2cc(N3CCCCC3)ccc2[N+](=O)[O-])c1=O.Cl. The maximum atomic E-state index is 13.1. The number of anilines is 2. The van der Waals surface area contributed by atoms with Gasteiger partial charge in [-0.1, -0.05) is 12.1 Å². The van der Waals surface area contributed by atoms with Crippen LogP contribution in [-0.2, 0) is 0 Å². The molecule has 1 aliphatic rings. The summed E-state index contributed by atoms with van der Waals surface area (Å²) in [6, 6.07) is 13.8. The molecule has 9 nitrogen and oxygen atoms in total. The molecule has 33 heavy (non-hydrogen) atoms. The van der Waals surface area contributed by atoms with Crippen molar-refractivity contribution < 1.29 is 9.66 Å². The van der Waals surface area contributed by atoms with Gasteiger partial charge < -0.3 is 15.0 Å². The lowest BCUT2D eigenvalue weighted by Gasteiger charge is -2.29. The molecule has 174 valence electrons. The highest BCUT2D eigenvalue weighted by atomic mass is 35.5. The molecule has 0 aliphatic carbocycles. The summed E-state index contributed by atoms with van der Waals surface area (Å²) < 4.78 is 6.42. The van der Waals surface area contributed by atoms with E-state index in [1.165, 1.54) is 12.5 Å². The smallest absolute Gasteiger partial charge is 0.295 e. The second-order valence-electron chi connectivity index (χ2n) is 7.62. The molecule has 10 heteroatoms. The van der Waals surface area contributed by atoms with Crippen LogP contribution in [-0.4, -0.2) is 42.0 Å². The molecule has 1 saturated heterocycles. The zero-order chi connectivity index (χ0) is 22.7. The van der Waals surface area contributed by atoms with E-state index in [0.29, 0.717) is 11.4 Å². The van der Waals surface area contributed by atoms with Gasteiger partial charge in [0, 0.05) is 37.5 Å². The Balaban J connectivity index is 0.00000306. The lowest BCUT2D eigenvalue weighted by atomic mass is 10.1. The Morgan fingerprint density at radius 1 is 1.09 bits per heavy atom. The molecule has 0 saturated carbocycles. The molecule has 4 rings (SSSR count). The molecule has 0 spiro atoms. The molecule has 1 aliphatic heterocycles. The lowest BCUT2D eigenvalue weighted by Crippen LogP contribution is -2.30. The summed E-state index contributed by atoms with van der Waals surface area (Å²) in [5.74, 6) is 0.645. The van der Waals surface area contributed by atoms with Gasteiger partial charge in [-0.3, -0.25) is 14.9 Å². The van der Waals surface area contributed by atoms with Gasteiger partial charge in [-0.25, -0.2) is 0 Å². The van der Waals surface area contributed by atoms with Gasteiger partial charge in [0.2, 0.25) is 0 Å². The Kier molecular flexibility index (Phi) is 7.55. The molecule has 2 heterocycles. The molecular weight excluding hydrogens is 446 g/mol. The number of piperidine rings is 1. The van der Waals surface area contributed by atoms with Crippen LogP contribution >= 0.6 is 12.4 Å². The van der Waals surface area contributed by atoms with E-state index in [-0.39, 0.29) is 29.5 Å². The number of ether oxygens (including phenoxy) is 1. The highest BCUT2D eigenvalue weighted by molar-refractivity contribution is 5.85. The van der Waals surface area contributed by atoms with Crippen LogP contribution in [0.25, 0.3) is 16.9 Å². The van der Waals surface area contributed by atoms with E-state index in [0.717, 1.165) is 41.9 Å². The minimum atomic E-state index is -0.485. The first-order chi connectivity index (χ1) is 15.5. The van der Waals surface area contributed by atoms with Crippen LogP contribution in [0.3, 0.4) is 0 Å². The number of nitro benzene ring substituents is 1. The summed E-state index contributed by atoms with van der Waals surface area (Å²) in [6.45, 7) is 1.76. The molecule has 1 fully saturated rings. The summed E-state index contributed by atoms with van der Waals surface area (Å²) in [6.07, 6.45) is 3.31. The van der Waals surface area contributed by atoms with Crippen LogP contribution in [0.5, 0.6) is 5.75 Å². The number of methoxy groups -OCH3 is 1. The minimum Gasteiger partial charge on any atom is -0.497 e. The van der Waals surface area contributed by atoms with Crippen LogP contribution in [0.4, 0.5) is 17.1 Å². The number of hydrogen-bond acceptors (Lipinski definition) is 7. The predicted octanol–water partition coefficient (Wildman–Crippen LogP) is 4.27. The fourth-order valence-corrected chi connectivity index (χ4v) is 3.95. The first-order valence-corrected chi connectivity index (χ1v) is 10.5. The summed E-state index contributed by atoms with van der Waals surface area (Å²) >= 11 is 0. The van der Waals surface area contributed by atoms with Crippen molar-refractivity contribution in [2.45, 2.75) is 19.3 Å². The number of hydrogen-bond donors (Lipinski definition) is 1. The minimum absolute atomic E-state index is 0.